The molecule has 2 nitrogen and oxygen atoms in total. The van der Waals surface area contributed by atoms with E-state index < -0.39 is 11.6 Å². The molecule has 2 N–H and O–H groups in total. The van der Waals surface area contributed by atoms with Gasteiger partial charge in [-0.05, 0) is 24.3 Å². The highest BCUT2D eigenvalue weighted by molar-refractivity contribution is 7.99. The summed E-state index contributed by atoms with van der Waals surface area (Å²) in [7, 11) is 1.57. The molecule has 0 aliphatic rings. The molecule has 0 saturated heterocycles. The Balaban J connectivity index is 2.31. The molecule has 0 heterocycles. The molecule has 1 unspecified atom stereocenters. The molecule has 0 fully saturated rings. The number of hydrogen-bond donors (Lipinski definition) is 1. The number of halogens is 2. The molecule has 2 aromatic rings. The van der Waals surface area contributed by atoms with Crippen LogP contribution in [0.15, 0.2) is 47.4 Å². The van der Waals surface area contributed by atoms with Crippen molar-refractivity contribution in [3.05, 3.63) is 59.7 Å². The summed E-state index contributed by atoms with van der Waals surface area (Å²) in [6.45, 7) is 0.293. The fourth-order valence-electron chi connectivity index (χ4n) is 1.89. The molecule has 0 aromatic heterocycles. The van der Waals surface area contributed by atoms with Crippen molar-refractivity contribution in [2.75, 3.05) is 13.7 Å². The third-order valence-electron chi connectivity index (χ3n) is 2.86. The van der Waals surface area contributed by atoms with Gasteiger partial charge in [-0.2, -0.15) is 0 Å². The van der Waals surface area contributed by atoms with Crippen LogP contribution in [0.3, 0.4) is 0 Å². The summed E-state index contributed by atoms with van der Waals surface area (Å²) in [6.07, 6.45) is 0. The highest BCUT2D eigenvalue weighted by Crippen LogP contribution is 2.39. The van der Waals surface area contributed by atoms with Crippen LogP contribution in [-0.4, -0.2) is 13.7 Å². The Morgan fingerprint density at radius 1 is 1.20 bits per heavy atom. The van der Waals surface area contributed by atoms with Gasteiger partial charge in [-0.25, -0.2) is 8.78 Å². The molecule has 0 amide bonds. The molecule has 0 aliphatic heterocycles. The standard InChI is InChI=1S/C15H15F2NOS/c1-19-13-5-3-2-4-11(13)15(9-18)20-14-8-10(16)6-7-12(14)17/h2-8,15H,9,18H2,1H3. The van der Waals surface area contributed by atoms with Crippen molar-refractivity contribution in [3.8, 4) is 5.75 Å². The van der Waals surface area contributed by atoms with E-state index in [4.69, 9.17) is 10.5 Å². The highest BCUT2D eigenvalue weighted by atomic mass is 32.2. The first-order valence-corrected chi connectivity index (χ1v) is 6.98. The Morgan fingerprint density at radius 3 is 2.65 bits per heavy atom. The third kappa shape index (κ3) is 3.29. The maximum atomic E-state index is 13.7. The van der Waals surface area contributed by atoms with E-state index in [1.54, 1.807) is 7.11 Å². The monoisotopic (exact) mass is 295 g/mol. The zero-order chi connectivity index (χ0) is 14.5. The van der Waals surface area contributed by atoms with Crippen molar-refractivity contribution in [1.29, 1.82) is 0 Å². The van der Waals surface area contributed by atoms with Crippen LogP contribution in [0.25, 0.3) is 0 Å². The molecule has 2 rings (SSSR count). The van der Waals surface area contributed by atoms with Gasteiger partial charge in [0.05, 0.1) is 12.4 Å². The maximum absolute atomic E-state index is 13.7. The lowest BCUT2D eigenvalue weighted by Gasteiger charge is -2.18. The van der Waals surface area contributed by atoms with Crippen molar-refractivity contribution in [1.82, 2.24) is 0 Å². The van der Waals surface area contributed by atoms with Crippen molar-refractivity contribution in [3.63, 3.8) is 0 Å². The molecule has 20 heavy (non-hydrogen) atoms. The SMILES string of the molecule is COc1ccccc1C(CN)Sc1cc(F)ccc1F. The predicted octanol–water partition coefficient (Wildman–Crippen LogP) is 3.77. The number of benzene rings is 2. The molecule has 0 aliphatic carbocycles. The summed E-state index contributed by atoms with van der Waals surface area (Å²) in [5.74, 6) is -0.235. The van der Waals surface area contributed by atoms with Crippen molar-refractivity contribution in [2.24, 2.45) is 5.73 Å². The molecular formula is C15H15F2NOS. The lowest BCUT2D eigenvalue weighted by atomic mass is 10.1. The first-order valence-electron chi connectivity index (χ1n) is 6.10. The van der Waals surface area contributed by atoms with Crippen molar-refractivity contribution >= 4 is 11.8 Å². The van der Waals surface area contributed by atoms with E-state index in [2.05, 4.69) is 0 Å². The number of methoxy groups -OCH3 is 1. The van der Waals surface area contributed by atoms with E-state index in [0.717, 1.165) is 17.7 Å². The molecule has 0 bridgehead atoms. The molecular weight excluding hydrogens is 280 g/mol. The van der Waals surface area contributed by atoms with Crippen molar-refractivity contribution < 1.29 is 13.5 Å². The number of nitrogens with two attached hydrogens (primary N) is 1. The average molecular weight is 295 g/mol. The Bertz CT molecular complexity index is 592. The number of ether oxygens (including phenoxy) is 1. The second-order valence-corrected chi connectivity index (χ2v) is 5.40. The zero-order valence-corrected chi connectivity index (χ0v) is 11.8. The van der Waals surface area contributed by atoms with E-state index in [1.165, 1.54) is 17.8 Å². The smallest absolute Gasteiger partial charge is 0.136 e. The van der Waals surface area contributed by atoms with Gasteiger partial charge >= 0.3 is 0 Å². The maximum Gasteiger partial charge on any atom is 0.136 e. The minimum absolute atomic E-state index is 0.206. The van der Waals surface area contributed by atoms with E-state index in [1.807, 2.05) is 24.3 Å². The number of thioether (sulfide) groups is 1. The minimum atomic E-state index is -0.468. The molecule has 2 aromatic carbocycles. The first-order chi connectivity index (χ1) is 9.65. The molecule has 0 saturated carbocycles. The molecule has 106 valence electrons. The summed E-state index contributed by atoms with van der Waals surface area (Å²) in [5, 5.41) is -0.206. The average Bonchev–Trinajstić information content (AvgIpc) is 2.48. The fraction of sp³-hybridized carbons (Fsp3) is 0.200. The van der Waals surface area contributed by atoms with Gasteiger partial charge in [0.15, 0.2) is 0 Å². The van der Waals surface area contributed by atoms with Gasteiger partial charge in [0.25, 0.3) is 0 Å². The van der Waals surface area contributed by atoms with Gasteiger partial charge in [-0.3, -0.25) is 0 Å². The Hall–Kier alpha value is -1.59. The molecule has 0 radical (unpaired) electrons. The van der Waals surface area contributed by atoms with Gasteiger partial charge in [0, 0.05) is 17.0 Å². The lowest BCUT2D eigenvalue weighted by molar-refractivity contribution is 0.409. The molecule has 0 spiro atoms. The number of hydrogen-bond acceptors (Lipinski definition) is 3. The van der Waals surface area contributed by atoms with Gasteiger partial charge in [0.2, 0.25) is 0 Å². The largest absolute Gasteiger partial charge is 0.496 e. The van der Waals surface area contributed by atoms with Crippen LogP contribution in [-0.2, 0) is 0 Å². The second kappa shape index (κ2) is 6.72. The van der Waals surface area contributed by atoms with Crippen LogP contribution in [0, 0.1) is 11.6 Å². The highest BCUT2D eigenvalue weighted by Gasteiger charge is 2.18. The topological polar surface area (TPSA) is 35.2 Å². The quantitative estimate of drug-likeness (QED) is 0.853. The van der Waals surface area contributed by atoms with Crippen LogP contribution in [0.4, 0.5) is 8.78 Å². The first kappa shape index (κ1) is 14.8. The fourth-order valence-corrected chi connectivity index (χ4v) is 2.98. The number of rotatable bonds is 5. The Morgan fingerprint density at radius 2 is 1.95 bits per heavy atom. The van der Waals surface area contributed by atoms with E-state index >= 15 is 0 Å². The Labute approximate surface area is 120 Å². The summed E-state index contributed by atoms with van der Waals surface area (Å²) in [4.78, 5) is 0.242. The van der Waals surface area contributed by atoms with E-state index in [9.17, 15) is 8.78 Å². The van der Waals surface area contributed by atoms with E-state index in [0.29, 0.717) is 12.3 Å². The normalized spacial score (nSPS) is 12.2. The van der Waals surface area contributed by atoms with Gasteiger partial charge in [-0.15, -0.1) is 11.8 Å². The van der Waals surface area contributed by atoms with Crippen LogP contribution in [0.1, 0.15) is 10.8 Å². The lowest BCUT2D eigenvalue weighted by Crippen LogP contribution is -2.10. The van der Waals surface area contributed by atoms with Crippen molar-refractivity contribution in [2.45, 2.75) is 10.1 Å². The zero-order valence-electron chi connectivity index (χ0n) is 11.0. The van der Waals surface area contributed by atoms with Crippen LogP contribution >= 0.6 is 11.8 Å². The van der Waals surface area contributed by atoms with Gasteiger partial charge < -0.3 is 10.5 Å². The summed E-state index contributed by atoms with van der Waals surface area (Å²) >= 11 is 1.19. The summed E-state index contributed by atoms with van der Waals surface area (Å²) in [6, 6.07) is 10.8. The molecule has 1 atom stereocenters. The predicted molar refractivity (Wildman–Crippen MR) is 77.0 cm³/mol. The summed E-state index contributed by atoms with van der Waals surface area (Å²) in [5.41, 5.74) is 6.64. The minimum Gasteiger partial charge on any atom is -0.496 e. The van der Waals surface area contributed by atoms with Crippen LogP contribution < -0.4 is 10.5 Å². The van der Waals surface area contributed by atoms with Gasteiger partial charge in [0.1, 0.15) is 17.4 Å². The Kier molecular flexibility index (Phi) is 4.98. The van der Waals surface area contributed by atoms with Crippen LogP contribution in [0.2, 0.25) is 0 Å². The van der Waals surface area contributed by atoms with Crippen LogP contribution in [0.5, 0.6) is 5.75 Å². The molecule has 5 heteroatoms. The third-order valence-corrected chi connectivity index (χ3v) is 4.16. The number of para-hydroxylation sites is 1. The van der Waals surface area contributed by atoms with Gasteiger partial charge in [-0.1, -0.05) is 18.2 Å². The van der Waals surface area contributed by atoms with E-state index in [-0.39, 0.29) is 10.1 Å². The second-order valence-electron chi connectivity index (χ2n) is 4.16. The summed E-state index contributed by atoms with van der Waals surface area (Å²) < 4.78 is 32.2.